The van der Waals surface area contributed by atoms with E-state index in [1.807, 2.05) is 54.7 Å². The fourth-order valence-corrected chi connectivity index (χ4v) is 6.24. The number of piperazine rings is 1. The van der Waals surface area contributed by atoms with Crippen molar-refractivity contribution in [2.45, 2.75) is 25.0 Å². The van der Waals surface area contributed by atoms with Gasteiger partial charge in [-0.1, -0.05) is 18.2 Å². The molecule has 2 fully saturated rings. The lowest BCUT2D eigenvalue weighted by Crippen LogP contribution is -2.42. The van der Waals surface area contributed by atoms with Gasteiger partial charge in [0.1, 0.15) is 11.5 Å². The minimum Gasteiger partial charge on any atom is -0.311 e. The van der Waals surface area contributed by atoms with E-state index in [0.29, 0.717) is 29.0 Å². The van der Waals surface area contributed by atoms with Crippen LogP contribution in [0.4, 0.5) is 4.39 Å². The van der Waals surface area contributed by atoms with Crippen LogP contribution < -0.4 is 5.32 Å². The van der Waals surface area contributed by atoms with Crippen LogP contribution in [-0.4, -0.2) is 59.9 Å². The van der Waals surface area contributed by atoms with Gasteiger partial charge in [-0.05, 0) is 53.9 Å². The molecule has 6 aromatic rings. The van der Waals surface area contributed by atoms with Gasteiger partial charge in [0.15, 0.2) is 5.65 Å². The van der Waals surface area contributed by atoms with Crippen molar-refractivity contribution >= 4 is 16.6 Å². The maximum atomic E-state index is 15.7. The molecule has 8 rings (SSSR count). The largest absolute Gasteiger partial charge is 0.311 e. The summed E-state index contributed by atoms with van der Waals surface area (Å²) in [6.45, 7) is 2.81. The number of hydrogen-bond donors (Lipinski definition) is 2. The summed E-state index contributed by atoms with van der Waals surface area (Å²) in [6, 6.07) is 18.4. The van der Waals surface area contributed by atoms with Crippen molar-refractivity contribution in [2.75, 3.05) is 13.1 Å². The molecular formula is C30H25FN8. The number of halogens is 1. The van der Waals surface area contributed by atoms with Gasteiger partial charge in [0.2, 0.25) is 0 Å². The highest BCUT2D eigenvalue weighted by Gasteiger charge is 2.37. The van der Waals surface area contributed by atoms with Gasteiger partial charge >= 0.3 is 0 Å². The first kappa shape index (κ1) is 22.5. The Labute approximate surface area is 223 Å². The van der Waals surface area contributed by atoms with E-state index in [-0.39, 0.29) is 5.82 Å². The topological polar surface area (TPSA) is 87.0 Å². The number of nitrogens with zero attached hydrogens (tertiary/aromatic N) is 6. The Balaban J connectivity index is 1.27. The molecule has 192 valence electrons. The van der Waals surface area contributed by atoms with Gasteiger partial charge in [-0.15, -0.1) is 0 Å². The summed E-state index contributed by atoms with van der Waals surface area (Å²) in [6.07, 6.45) is 8.22. The predicted molar refractivity (Wildman–Crippen MR) is 147 cm³/mol. The van der Waals surface area contributed by atoms with Gasteiger partial charge in [0.25, 0.3) is 0 Å². The summed E-state index contributed by atoms with van der Waals surface area (Å²) in [7, 11) is 0. The molecule has 0 aliphatic carbocycles. The monoisotopic (exact) mass is 516 g/mol. The minimum absolute atomic E-state index is 0.262. The highest BCUT2D eigenvalue weighted by molar-refractivity contribution is 6.02. The molecular weight excluding hydrogens is 491 g/mol. The Morgan fingerprint density at radius 1 is 1.00 bits per heavy atom. The van der Waals surface area contributed by atoms with E-state index in [2.05, 4.69) is 25.4 Å². The average molecular weight is 517 g/mol. The molecule has 8 nitrogen and oxygen atoms in total. The normalized spacial score (nSPS) is 19.0. The van der Waals surface area contributed by atoms with E-state index in [9.17, 15) is 0 Å². The number of H-pyrrole nitrogens is 1. The second-order valence-electron chi connectivity index (χ2n) is 10.4. The lowest BCUT2D eigenvalue weighted by molar-refractivity contribution is 0.217. The molecule has 0 saturated carbocycles. The SMILES string of the molecule is Fc1cc(CN2C[C@@H]3C[C@H]2CN3)ccc1-c1ccnc2c(-c3cccc4[nH]ncc34)c(-c3ccncc3)nn12. The number of benzene rings is 2. The van der Waals surface area contributed by atoms with Crippen molar-refractivity contribution < 1.29 is 4.39 Å². The molecule has 6 heterocycles. The first-order chi connectivity index (χ1) is 19.2. The van der Waals surface area contributed by atoms with Crippen molar-refractivity contribution in [1.29, 1.82) is 0 Å². The number of rotatable bonds is 5. The maximum Gasteiger partial charge on any atom is 0.164 e. The highest BCUT2D eigenvalue weighted by Crippen LogP contribution is 2.39. The Morgan fingerprint density at radius 2 is 1.92 bits per heavy atom. The van der Waals surface area contributed by atoms with Crippen molar-refractivity contribution in [1.82, 2.24) is 40.0 Å². The van der Waals surface area contributed by atoms with E-state index in [4.69, 9.17) is 10.1 Å². The van der Waals surface area contributed by atoms with Crippen LogP contribution in [0.3, 0.4) is 0 Å². The van der Waals surface area contributed by atoms with Crippen LogP contribution in [-0.2, 0) is 6.54 Å². The van der Waals surface area contributed by atoms with Crippen molar-refractivity contribution in [3.63, 3.8) is 0 Å². The highest BCUT2D eigenvalue weighted by atomic mass is 19.1. The lowest BCUT2D eigenvalue weighted by Gasteiger charge is -2.27. The molecule has 0 spiro atoms. The Bertz CT molecular complexity index is 1840. The second kappa shape index (κ2) is 8.79. The van der Waals surface area contributed by atoms with Gasteiger partial charge in [0, 0.05) is 66.8 Å². The Morgan fingerprint density at radius 3 is 2.74 bits per heavy atom. The number of pyridine rings is 1. The van der Waals surface area contributed by atoms with Crippen molar-refractivity contribution in [3.8, 4) is 33.6 Å². The molecule has 2 bridgehead atoms. The maximum absolute atomic E-state index is 15.7. The van der Waals surface area contributed by atoms with Crippen LogP contribution in [0.15, 0.2) is 79.4 Å². The molecule has 2 aliphatic heterocycles. The van der Waals surface area contributed by atoms with Gasteiger partial charge in [-0.25, -0.2) is 13.9 Å². The quantitative estimate of drug-likeness (QED) is 0.346. The number of fused-ring (bicyclic) bond motifs is 4. The van der Waals surface area contributed by atoms with Crippen LogP contribution in [0.1, 0.15) is 12.0 Å². The third kappa shape index (κ3) is 3.65. The van der Waals surface area contributed by atoms with Crippen LogP contribution in [0, 0.1) is 5.82 Å². The molecule has 2 N–H and O–H groups in total. The van der Waals surface area contributed by atoms with Gasteiger partial charge in [0.05, 0.1) is 23.0 Å². The molecule has 0 amide bonds. The smallest absolute Gasteiger partial charge is 0.164 e. The standard InChI is InChI=1S/C30H25FN8/c31-25-12-18(16-38-17-20-13-21(38)14-34-20)4-5-23(25)27-8-11-33-30-28(22-2-1-3-26-24(22)15-35-36-26)29(37-39(27)30)19-6-9-32-10-7-19/h1-12,15,20-21,34H,13-14,16-17H2,(H,35,36)/t20-,21-/m0/s1. The summed E-state index contributed by atoms with van der Waals surface area (Å²) in [5, 5.41) is 16.8. The molecule has 2 aliphatic rings. The fourth-order valence-electron chi connectivity index (χ4n) is 6.24. The van der Waals surface area contributed by atoms with Crippen molar-refractivity contribution in [3.05, 3.63) is 90.8 Å². The summed E-state index contributed by atoms with van der Waals surface area (Å²) >= 11 is 0. The average Bonchev–Trinajstić information content (AvgIpc) is 3.77. The zero-order valence-corrected chi connectivity index (χ0v) is 21.0. The summed E-state index contributed by atoms with van der Waals surface area (Å²) in [5.74, 6) is -0.262. The predicted octanol–water partition coefficient (Wildman–Crippen LogP) is 4.69. The second-order valence-corrected chi connectivity index (χ2v) is 10.4. The fraction of sp³-hybridized carbons (Fsp3) is 0.200. The van der Waals surface area contributed by atoms with E-state index in [0.717, 1.165) is 58.5 Å². The molecule has 39 heavy (non-hydrogen) atoms. The van der Waals surface area contributed by atoms with Crippen LogP contribution in [0.25, 0.3) is 50.2 Å². The Hall–Kier alpha value is -4.47. The van der Waals surface area contributed by atoms with Crippen LogP contribution >= 0.6 is 0 Å². The van der Waals surface area contributed by atoms with Crippen LogP contribution in [0.2, 0.25) is 0 Å². The molecule has 2 saturated heterocycles. The summed E-state index contributed by atoms with van der Waals surface area (Å²) in [5.41, 5.74) is 7.18. The van der Waals surface area contributed by atoms with Gasteiger partial charge in [-0.2, -0.15) is 10.2 Å². The minimum atomic E-state index is -0.262. The van der Waals surface area contributed by atoms with E-state index < -0.39 is 0 Å². The number of aromatic nitrogens is 6. The molecule has 9 heteroatoms. The first-order valence-electron chi connectivity index (χ1n) is 13.2. The molecule has 2 aromatic carbocycles. The number of hydrogen-bond acceptors (Lipinski definition) is 6. The summed E-state index contributed by atoms with van der Waals surface area (Å²) in [4.78, 5) is 11.4. The Kier molecular flexibility index (Phi) is 5.07. The number of nitrogens with one attached hydrogen (secondary N) is 2. The molecule has 2 atom stereocenters. The zero-order valence-electron chi connectivity index (χ0n) is 21.0. The zero-order chi connectivity index (χ0) is 25.9. The molecule has 4 aromatic heterocycles. The molecule has 0 radical (unpaired) electrons. The van der Waals surface area contributed by atoms with E-state index in [1.54, 1.807) is 29.2 Å². The first-order valence-corrected chi connectivity index (χ1v) is 13.2. The van der Waals surface area contributed by atoms with Gasteiger partial charge in [-0.3, -0.25) is 15.0 Å². The van der Waals surface area contributed by atoms with E-state index >= 15 is 4.39 Å². The summed E-state index contributed by atoms with van der Waals surface area (Å²) < 4.78 is 17.5. The van der Waals surface area contributed by atoms with Crippen molar-refractivity contribution in [2.24, 2.45) is 0 Å². The van der Waals surface area contributed by atoms with Gasteiger partial charge < -0.3 is 5.32 Å². The van der Waals surface area contributed by atoms with Crippen LogP contribution in [0.5, 0.6) is 0 Å². The van der Waals surface area contributed by atoms with E-state index in [1.165, 1.54) is 6.42 Å². The third-order valence-corrected chi connectivity index (χ3v) is 8.09. The molecule has 0 unspecified atom stereocenters. The number of aromatic amines is 1. The third-order valence-electron chi connectivity index (χ3n) is 8.09. The lowest BCUT2D eigenvalue weighted by atomic mass is 9.99. The number of likely N-dealkylation sites (tertiary alicyclic amines) is 1.